The molecule has 0 aliphatic heterocycles. The summed E-state index contributed by atoms with van der Waals surface area (Å²) in [5.74, 6) is 0.434. The van der Waals surface area contributed by atoms with Gasteiger partial charge in [0.2, 0.25) is 0 Å². The molecule has 0 bridgehead atoms. The standard InChI is InChI=1S/C14H12BrFN2OS/c1-7-5-12(13(14(17)20)8(2)18-7)19-11-6-9(16)3-4-10(11)15/h3-6H,1-2H3,(H2,17,20). The highest BCUT2D eigenvalue weighted by molar-refractivity contribution is 9.10. The molecule has 0 saturated heterocycles. The zero-order valence-electron chi connectivity index (χ0n) is 10.9. The highest BCUT2D eigenvalue weighted by atomic mass is 79.9. The second kappa shape index (κ2) is 5.85. The number of aryl methyl sites for hydroxylation is 2. The maximum atomic E-state index is 13.3. The SMILES string of the molecule is Cc1cc(Oc2cc(F)ccc2Br)c(C(N)=S)c(C)n1. The molecule has 0 aliphatic rings. The van der Waals surface area contributed by atoms with Crippen LogP contribution in [0.3, 0.4) is 0 Å². The first kappa shape index (κ1) is 14.9. The third-order valence-electron chi connectivity index (χ3n) is 2.65. The predicted octanol–water partition coefficient (Wildman–Crippen LogP) is 4.03. The average Bonchev–Trinajstić information content (AvgIpc) is 2.32. The molecule has 0 radical (unpaired) electrons. The molecular weight excluding hydrogens is 343 g/mol. The van der Waals surface area contributed by atoms with Crippen LogP contribution < -0.4 is 10.5 Å². The van der Waals surface area contributed by atoms with E-state index in [1.165, 1.54) is 12.1 Å². The van der Waals surface area contributed by atoms with Crippen LogP contribution in [0.2, 0.25) is 0 Å². The molecule has 2 aromatic rings. The van der Waals surface area contributed by atoms with Gasteiger partial charge in [-0.1, -0.05) is 12.2 Å². The topological polar surface area (TPSA) is 48.1 Å². The predicted molar refractivity (Wildman–Crippen MR) is 83.8 cm³/mol. The minimum absolute atomic E-state index is 0.192. The fourth-order valence-corrected chi connectivity index (χ4v) is 2.42. The summed E-state index contributed by atoms with van der Waals surface area (Å²) >= 11 is 8.34. The van der Waals surface area contributed by atoms with Gasteiger partial charge in [-0.25, -0.2) is 4.39 Å². The molecule has 2 rings (SSSR count). The third kappa shape index (κ3) is 3.13. The van der Waals surface area contributed by atoms with Crippen molar-refractivity contribution in [1.29, 1.82) is 0 Å². The van der Waals surface area contributed by atoms with Gasteiger partial charge in [0.15, 0.2) is 0 Å². The van der Waals surface area contributed by atoms with E-state index in [9.17, 15) is 4.39 Å². The van der Waals surface area contributed by atoms with Crippen LogP contribution in [0.4, 0.5) is 4.39 Å². The van der Waals surface area contributed by atoms with Crippen LogP contribution in [-0.2, 0) is 0 Å². The minimum Gasteiger partial charge on any atom is -0.455 e. The molecule has 0 aliphatic carbocycles. The zero-order chi connectivity index (χ0) is 14.9. The lowest BCUT2D eigenvalue weighted by Gasteiger charge is -2.14. The summed E-state index contributed by atoms with van der Waals surface area (Å²) in [6, 6.07) is 5.93. The molecule has 0 fully saturated rings. The number of hydrogen-bond acceptors (Lipinski definition) is 3. The van der Waals surface area contributed by atoms with Gasteiger partial charge in [0.25, 0.3) is 0 Å². The van der Waals surface area contributed by atoms with E-state index in [1.807, 2.05) is 6.92 Å². The first-order valence-electron chi connectivity index (χ1n) is 5.79. The van der Waals surface area contributed by atoms with Crippen molar-refractivity contribution in [3.05, 3.63) is 51.5 Å². The first-order chi connectivity index (χ1) is 9.38. The van der Waals surface area contributed by atoms with Crippen molar-refractivity contribution in [2.24, 2.45) is 5.73 Å². The van der Waals surface area contributed by atoms with Crippen LogP contribution in [0.25, 0.3) is 0 Å². The summed E-state index contributed by atoms with van der Waals surface area (Å²) in [5, 5.41) is 0. The number of nitrogens with zero attached hydrogens (tertiary/aromatic N) is 1. The Morgan fingerprint density at radius 1 is 1.30 bits per heavy atom. The van der Waals surface area contributed by atoms with Crippen molar-refractivity contribution < 1.29 is 9.13 Å². The minimum atomic E-state index is -0.387. The lowest BCUT2D eigenvalue weighted by Crippen LogP contribution is -2.14. The number of aromatic nitrogens is 1. The molecule has 2 N–H and O–H groups in total. The molecule has 104 valence electrons. The fraction of sp³-hybridized carbons (Fsp3) is 0.143. The number of thiocarbonyl (C=S) groups is 1. The molecule has 3 nitrogen and oxygen atoms in total. The lowest BCUT2D eigenvalue weighted by atomic mass is 10.1. The van der Waals surface area contributed by atoms with Crippen LogP contribution in [0.15, 0.2) is 28.7 Å². The Labute approximate surface area is 130 Å². The largest absolute Gasteiger partial charge is 0.455 e. The molecule has 20 heavy (non-hydrogen) atoms. The first-order valence-corrected chi connectivity index (χ1v) is 6.99. The highest BCUT2D eigenvalue weighted by Gasteiger charge is 2.14. The van der Waals surface area contributed by atoms with E-state index in [0.717, 1.165) is 5.69 Å². The Morgan fingerprint density at radius 3 is 2.65 bits per heavy atom. The summed E-state index contributed by atoms with van der Waals surface area (Å²) < 4.78 is 19.7. The summed E-state index contributed by atoms with van der Waals surface area (Å²) in [7, 11) is 0. The smallest absolute Gasteiger partial charge is 0.144 e. The summed E-state index contributed by atoms with van der Waals surface area (Å²) in [5.41, 5.74) is 7.72. The molecule has 1 aromatic carbocycles. The quantitative estimate of drug-likeness (QED) is 0.845. The van der Waals surface area contributed by atoms with E-state index in [1.54, 1.807) is 19.1 Å². The molecule has 1 heterocycles. The number of benzene rings is 1. The van der Waals surface area contributed by atoms with Crippen LogP contribution in [0, 0.1) is 19.7 Å². The Balaban J connectivity index is 2.53. The van der Waals surface area contributed by atoms with Gasteiger partial charge >= 0.3 is 0 Å². The van der Waals surface area contributed by atoms with Crippen LogP contribution in [-0.4, -0.2) is 9.97 Å². The summed E-state index contributed by atoms with van der Waals surface area (Å²) in [6.07, 6.45) is 0. The normalized spacial score (nSPS) is 10.4. The van der Waals surface area contributed by atoms with Gasteiger partial charge in [-0.15, -0.1) is 0 Å². The van der Waals surface area contributed by atoms with Gasteiger partial charge in [0.05, 0.1) is 15.7 Å². The summed E-state index contributed by atoms with van der Waals surface area (Å²) in [4.78, 5) is 4.50. The molecular formula is C14H12BrFN2OS. The number of halogens is 2. The van der Waals surface area contributed by atoms with Gasteiger partial charge in [-0.2, -0.15) is 0 Å². The summed E-state index contributed by atoms with van der Waals surface area (Å²) in [6.45, 7) is 3.64. The van der Waals surface area contributed by atoms with Gasteiger partial charge in [-0.3, -0.25) is 4.98 Å². The van der Waals surface area contributed by atoms with Crippen molar-refractivity contribution in [2.75, 3.05) is 0 Å². The van der Waals surface area contributed by atoms with Crippen LogP contribution in [0.5, 0.6) is 11.5 Å². The third-order valence-corrected chi connectivity index (χ3v) is 3.51. The molecule has 0 spiro atoms. The fourth-order valence-electron chi connectivity index (χ4n) is 1.85. The van der Waals surface area contributed by atoms with Crippen LogP contribution in [0.1, 0.15) is 17.0 Å². The maximum absolute atomic E-state index is 13.3. The van der Waals surface area contributed by atoms with E-state index in [-0.39, 0.29) is 10.8 Å². The van der Waals surface area contributed by atoms with Crippen molar-refractivity contribution in [3.63, 3.8) is 0 Å². The second-order valence-electron chi connectivity index (χ2n) is 4.26. The van der Waals surface area contributed by atoms with Crippen molar-refractivity contribution in [3.8, 4) is 11.5 Å². The molecule has 0 amide bonds. The van der Waals surface area contributed by atoms with E-state index in [2.05, 4.69) is 20.9 Å². The number of pyridine rings is 1. The molecule has 0 unspecified atom stereocenters. The van der Waals surface area contributed by atoms with E-state index in [0.29, 0.717) is 27.2 Å². The number of hydrogen-bond donors (Lipinski definition) is 1. The van der Waals surface area contributed by atoms with Gasteiger partial charge in [0.1, 0.15) is 22.3 Å². The monoisotopic (exact) mass is 354 g/mol. The van der Waals surface area contributed by atoms with Gasteiger partial charge in [0, 0.05) is 17.8 Å². The van der Waals surface area contributed by atoms with Gasteiger partial charge < -0.3 is 10.5 Å². The number of rotatable bonds is 3. The molecule has 0 saturated carbocycles. The molecule has 0 atom stereocenters. The van der Waals surface area contributed by atoms with E-state index in [4.69, 9.17) is 22.7 Å². The van der Waals surface area contributed by atoms with E-state index >= 15 is 0 Å². The average molecular weight is 355 g/mol. The molecule has 6 heteroatoms. The number of ether oxygens (including phenoxy) is 1. The lowest BCUT2D eigenvalue weighted by molar-refractivity contribution is 0.471. The Morgan fingerprint density at radius 2 is 2.00 bits per heavy atom. The van der Waals surface area contributed by atoms with Crippen molar-refractivity contribution in [2.45, 2.75) is 13.8 Å². The Hall–Kier alpha value is -1.53. The number of nitrogens with two attached hydrogens (primary N) is 1. The maximum Gasteiger partial charge on any atom is 0.144 e. The Bertz CT molecular complexity index is 691. The van der Waals surface area contributed by atoms with Crippen LogP contribution >= 0.6 is 28.1 Å². The van der Waals surface area contributed by atoms with Gasteiger partial charge in [-0.05, 0) is 41.9 Å². The van der Waals surface area contributed by atoms with Crippen molar-refractivity contribution >= 4 is 33.1 Å². The Kier molecular flexibility index (Phi) is 4.35. The van der Waals surface area contributed by atoms with E-state index < -0.39 is 0 Å². The highest BCUT2D eigenvalue weighted by Crippen LogP contribution is 2.33. The molecule has 1 aromatic heterocycles. The zero-order valence-corrected chi connectivity index (χ0v) is 13.3. The second-order valence-corrected chi connectivity index (χ2v) is 5.56. The van der Waals surface area contributed by atoms with Crippen molar-refractivity contribution in [1.82, 2.24) is 4.98 Å².